The smallest absolute Gasteiger partial charge is 0.264 e. The molecule has 1 heterocycles. The predicted octanol–water partition coefficient (Wildman–Crippen LogP) is 8.08. The van der Waals surface area contributed by atoms with Gasteiger partial charge in [0, 0.05) is 15.6 Å². The van der Waals surface area contributed by atoms with E-state index in [-0.39, 0.29) is 12.5 Å². The molecular formula is C24H16Cl4N2O2S. The molecule has 0 aliphatic carbocycles. The van der Waals surface area contributed by atoms with Crippen molar-refractivity contribution >= 4 is 81.0 Å². The molecule has 33 heavy (non-hydrogen) atoms. The van der Waals surface area contributed by atoms with Gasteiger partial charge < -0.3 is 10.1 Å². The zero-order chi connectivity index (χ0) is 23.5. The Morgan fingerprint density at radius 2 is 1.67 bits per heavy atom. The Morgan fingerprint density at radius 3 is 2.33 bits per heavy atom. The molecular weight excluding hydrogens is 522 g/mol. The maximum absolute atomic E-state index is 12.4. The third-order valence-electron chi connectivity index (χ3n) is 4.62. The molecule has 3 aromatic rings. The lowest BCUT2D eigenvalue weighted by molar-refractivity contribution is -0.115. The van der Waals surface area contributed by atoms with Gasteiger partial charge in [-0.1, -0.05) is 70.2 Å². The van der Waals surface area contributed by atoms with E-state index in [1.54, 1.807) is 36.4 Å². The van der Waals surface area contributed by atoms with E-state index < -0.39 is 0 Å². The van der Waals surface area contributed by atoms with Crippen molar-refractivity contribution in [3.63, 3.8) is 0 Å². The number of nitrogens with one attached hydrogen (secondary N) is 1. The number of halogens is 4. The van der Waals surface area contributed by atoms with Crippen molar-refractivity contribution in [1.82, 2.24) is 5.32 Å². The van der Waals surface area contributed by atoms with Gasteiger partial charge in [-0.05, 0) is 66.7 Å². The van der Waals surface area contributed by atoms with Crippen molar-refractivity contribution in [2.24, 2.45) is 4.99 Å². The summed E-state index contributed by atoms with van der Waals surface area (Å²) in [6, 6.07) is 16.2. The number of nitrogens with zero attached hydrogens (tertiary/aromatic N) is 1. The van der Waals surface area contributed by atoms with Gasteiger partial charge in [0.2, 0.25) is 0 Å². The highest BCUT2D eigenvalue weighted by atomic mass is 35.5. The van der Waals surface area contributed by atoms with E-state index in [2.05, 4.69) is 10.3 Å². The van der Waals surface area contributed by atoms with Crippen molar-refractivity contribution in [2.45, 2.75) is 13.5 Å². The fourth-order valence-electron chi connectivity index (χ4n) is 2.96. The SMILES string of the molecule is Cc1ccc(N=C2NC(=O)/C(=C\c3cc(Cl)c(OCc4ccc(Cl)cc4Cl)c(Cl)c3)S2)cc1. The largest absolute Gasteiger partial charge is 0.486 e. The van der Waals surface area contributed by atoms with Crippen LogP contribution >= 0.6 is 58.2 Å². The van der Waals surface area contributed by atoms with Crippen LogP contribution in [0.1, 0.15) is 16.7 Å². The molecule has 1 amide bonds. The lowest BCUT2D eigenvalue weighted by Crippen LogP contribution is -2.19. The molecule has 1 aliphatic rings. The number of carbonyl (C=O) groups is 1. The van der Waals surface area contributed by atoms with Crippen molar-refractivity contribution < 1.29 is 9.53 Å². The summed E-state index contributed by atoms with van der Waals surface area (Å²) in [5.41, 5.74) is 3.31. The topological polar surface area (TPSA) is 50.7 Å². The Bertz CT molecular complexity index is 1270. The number of thioether (sulfide) groups is 1. The van der Waals surface area contributed by atoms with E-state index in [1.165, 1.54) is 11.8 Å². The lowest BCUT2D eigenvalue weighted by atomic mass is 10.2. The van der Waals surface area contributed by atoms with Gasteiger partial charge in [-0.15, -0.1) is 0 Å². The predicted molar refractivity (Wildman–Crippen MR) is 139 cm³/mol. The molecule has 3 aromatic carbocycles. The number of hydrogen-bond donors (Lipinski definition) is 1. The Kier molecular flexibility index (Phi) is 7.57. The van der Waals surface area contributed by atoms with Gasteiger partial charge in [-0.3, -0.25) is 4.79 Å². The monoisotopic (exact) mass is 536 g/mol. The summed E-state index contributed by atoms with van der Waals surface area (Å²) in [5, 5.41) is 4.94. The molecule has 0 spiro atoms. The van der Waals surface area contributed by atoms with E-state index >= 15 is 0 Å². The number of carbonyl (C=O) groups excluding carboxylic acids is 1. The van der Waals surface area contributed by atoms with Gasteiger partial charge >= 0.3 is 0 Å². The van der Waals surface area contributed by atoms with Crippen LogP contribution in [-0.4, -0.2) is 11.1 Å². The second-order valence-electron chi connectivity index (χ2n) is 7.16. The zero-order valence-corrected chi connectivity index (χ0v) is 21.0. The third-order valence-corrected chi connectivity index (χ3v) is 6.68. The number of ether oxygens (including phenoxy) is 1. The third kappa shape index (κ3) is 6.05. The fraction of sp³-hybridized carbons (Fsp3) is 0.0833. The highest BCUT2D eigenvalue weighted by Gasteiger charge is 2.24. The van der Waals surface area contributed by atoms with Crippen LogP contribution in [-0.2, 0) is 11.4 Å². The first kappa shape index (κ1) is 24.0. The minimum atomic E-state index is -0.240. The number of amides is 1. The normalized spacial score (nSPS) is 15.8. The van der Waals surface area contributed by atoms with Gasteiger partial charge in [0.15, 0.2) is 10.9 Å². The number of rotatable bonds is 5. The number of aryl methyl sites for hydroxylation is 1. The Hall–Kier alpha value is -2.15. The minimum absolute atomic E-state index is 0.174. The molecule has 1 fully saturated rings. The van der Waals surface area contributed by atoms with Crippen molar-refractivity contribution in [1.29, 1.82) is 0 Å². The zero-order valence-electron chi connectivity index (χ0n) is 17.2. The summed E-state index contributed by atoms with van der Waals surface area (Å²) >= 11 is 26.2. The van der Waals surface area contributed by atoms with Gasteiger partial charge in [0.1, 0.15) is 6.61 Å². The number of hydrogen-bond acceptors (Lipinski definition) is 4. The number of benzene rings is 3. The van der Waals surface area contributed by atoms with Crippen LogP contribution < -0.4 is 10.1 Å². The second kappa shape index (κ2) is 10.4. The molecule has 9 heteroatoms. The maximum atomic E-state index is 12.4. The standard InChI is InChI=1S/C24H16Cl4N2O2S/c1-13-2-6-17(7-3-13)29-24-30-23(31)21(33-24)10-14-8-19(27)22(20(28)9-14)32-12-15-4-5-16(25)11-18(15)26/h2-11H,12H2,1H3,(H,29,30,31)/b21-10+. The van der Waals surface area contributed by atoms with E-state index in [0.717, 1.165) is 16.8 Å². The molecule has 1 N–H and O–H groups in total. The number of amidine groups is 1. The molecule has 0 unspecified atom stereocenters. The van der Waals surface area contributed by atoms with Crippen molar-refractivity contribution in [3.8, 4) is 5.75 Å². The van der Waals surface area contributed by atoms with E-state index in [0.29, 0.717) is 41.5 Å². The molecule has 1 saturated heterocycles. The van der Waals surface area contributed by atoms with Crippen LogP contribution in [0.3, 0.4) is 0 Å². The highest BCUT2D eigenvalue weighted by Crippen LogP contribution is 2.37. The molecule has 0 atom stereocenters. The van der Waals surface area contributed by atoms with Crippen LogP contribution in [0.15, 0.2) is 64.5 Å². The van der Waals surface area contributed by atoms with E-state index in [1.807, 2.05) is 31.2 Å². The minimum Gasteiger partial charge on any atom is -0.486 e. The molecule has 4 nitrogen and oxygen atoms in total. The van der Waals surface area contributed by atoms with E-state index in [9.17, 15) is 4.79 Å². The van der Waals surface area contributed by atoms with Gasteiger partial charge in [0.05, 0.1) is 20.6 Å². The summed E-state index contributed by atoms with van der Waals surface area (Å²) in [5.74, 6) is 0.0902. The van der Waals surface area contributed by atoms with Crippen molar-refractivity contribution in [2.75, 3.05) is 0 Å². The Balaban J connectivity index is 1.50. The summed E-state index contributed by atoms with van der Waals surface area (Å²) in [7, 11) is 0. The van der Waals surface area contributed by atoms with Crippen LogP contribution in [0.5, 0.6) is 5.75 Å². The quantitative estimate of drug-likeness (QED) is 0.334. The van der Waals surface area contributed by atoms with Crippen LogP contribution in [0.2, 0.25) is 20.1 Å². The first-order valence-electron chi connectivity index (χ1n) is 9.70. The molecule has 4 rings (SSSR count). The number of aliphatic imine (C=N–C) groups is 1. The molecule has 0 aromatic heterocycles. The van der Waals surface area contributed by atoms with Gasteiger partial charge in [-0.25, -0.2) is 4.99 Å². The van der Waals surface area contributed by atoms with Crippen LogP contribution in [0.4, 0.5) is 5.69 Å². The van der Waals surface area contributed by atoms with Gasteiger partial charge in [0.25, 0.3) is 5.91 Å². The first-order valence-corrected chi connectivity index (χ1v) is 12.0. The summed E-state index contributed by atoms with van der Waals surface area (Å²) in [4.78, 5) is 17.3. The van der Waals surface area contributed by atoms with E-state index in [4.69, 9.17) is 51.1 Å². The fourth-order valence-corrected chi connectivity index (χ4v) is 4.88. The summed E-state index contributed by atoms with van der Waals surface area (Å²) in [6.07, 6.45) is 1.70. The van der Waals surface area contributed by atoms with Crippen LogP contribution in [0.25, 0.3) is 6.08 Å². The molecule has 0 radical (unpaired) electrons. The van der Waals surface area contributed by atoms with Crippen molar-refractivity contribution in [3.05, 3.63) is 96.3 Å². The molecule has 1 aliphatic heterocycles. The maximum Gasteiger partial charge on any atom is 0.264 e. The molecule has 168 valence electrons. The summed E-state index contributed by atoms with van der Waals surface area (Å²) in [6.45, 7) is 2.18. The van der Waals surface area contributed by atoms with Gasteiger partial charge in [-0.2, -0.15) is 0 Å². The lowest BCUT2D eigenvalue weighted by Gasteiger charge is -2.12. The Labute approximate surface area is 215 Å². The highest BCUT2D eigenvalue weighted by molar-refractivity contribution is 8.18. The average Bonchev–Trinajstić information content (AvgIpc) is 3.09. The molecule has 0 bridgehead atoms. The second-order valence-corrected chi connectivity index (χ2v) is 9.84. The molecule has 0 saturated carbocycles. The Morgan fingerprint density at radius 1 is 0.970 bits per heavy atom. The first-order chi connectivity index (χ1) is 15.8. The summed E-state index contributed by atoms with van der Waals surface area (Å²) < 4.78 is 5.80. The van der Waals surface area contributed by atoms with Crippen LogP contribution in [0, 0.1) is 6.92 Å². The average molecular weight is 538 g/mol.